The maximum Gasteiger partial charge on any atom is 0.338 e. The number of rotatable bonds is 6. The van der Waals surface area contributed by atoms with Crippen LogP contribution in [0, 0.1) is 0 Å². The monoisotopic (exact) mass is 278 g/mol. The molecule has 0 N–H and O–H groups in total. The van der Waals surface area contributed by atoms with Gasteiger partial charge in [-0.2, -0.15) is 0 Å². The predicted octanol–water partition coefficient (Wildman–Crippen LogP) is 3.84. The van der Waals surface area contributed by atoms with E-state index in [4.69, 9.17) is 4.74 Å². The highest BCUT2D eigenvalue weighted by Gasteiger charge is 2.09. The third-order valence-electron chi connectivity index (χ3n) is 2.38. The summed E-state index contributed by atoms with van der Waals surface area (Å²) >= 11 is 1.10. The quantitative estimate of drug-likeness (QED) is 0.343. The van der Waals surface area contributed by atoms with Crippen molar-refractivity contribution in [1.82, 2.24) is 0 Å². The zero-order chi connectivity index (χ0) is 14.3. The normalized spacial score (nSPS) is 10.0. The SMILES string of the molecule is C=C(C)C(=O)Sc1ccc(C(=O)OCCCC)cc1. The summed E-state index contributed by atoms with van der Waals surface area (Å²) in [5.74, 6) is -0.323. The van der Waals surface area contributed by atoms with Crippen LogP contribution >= 0.6 is 11.8 Å². The van der Waals surface area contributed by atoms with Crippen LogP contribution in [0.4, 0.5) is 0 Å². The van der Waals surface area contributed by atoms with Gasteiger partial charge in [0.15, 0.2) is 0 Å². The molecule has 0 unspecified atom stereocenters. The largest absolute Gasteiger partial charge is 0.462 e. The lowest BCUT2D eigenvalue weighted by Gasteiger charge is -2.05. The van der Waals surface area contributed by atoms with E-state index in [1.54, 1.807) is 31.2 Å². The third kappa shape index (κ3) is 5.30. The molecule has 0 fully saturated rings. The van der Waals surface area contributed by atoms with Gasteiger partial charge in [-0.15, -0.1) is 0 Å². The average Bonchev–Trinajstić information content (AvgIpc) is 2.39. The van der Waals surface area contributed by atoms with E-state index in [2.05, 4.69) is 6.58 Å². The molecule has 4 heteroatoms. The first-order chi connectivity index (χ1) is 9.04. The number of carbonyl (C=O) groups is 2. The van der Waals surface area contributed by atoms with Gasteiger partial charge >= 0.3 is 5.97 Å². The van der Waals surface area contributed by atoms with Gasteiger partial charge < -0.3 is 4.74 Å². The van der Waals surface area contributed by atoms with Crippen LogP contribution in [-0.4, -0.2) is 17.7 Å². The zero-order valence-electron chi connectivity index (χ0n) is 11.3. The van der Waals surface area contributed by atoms with E-state index >= 15 is 0 Å². The molecule has 0 saturated carbocycles. The van der Waals surface area contributed by atoms with E-state index < -0.39 is 0 Å². The third-order valence-corrected chi connectivity index (χ3v) is 3.42. The van der Waals surface area contributed by atoms with Gasteiger partial charge in [0.1, 0.15) is 0 Å². The van der Waals surface area contributed by atoms with Crippen LogP contribution in [0.5, 0.6) is 0 Å². The van der Waals surface area contributed by atoms with Gasteiger partial charge in [0, 0.05) is 4.90 Å². The predicted molar refractivity (Wildman–Crippen MR) is 77.3 cm³/mol. The molecule has 0 heterocycles. The van der Waals surface area contributed by atoms with Crippen molar-refractivity contribution in [1.29, 1.82) is 0 Å². The molecule has 0 bridgehead atoms. The van der Waals surface area contributed by atoms with Crippen LogP contribution in [-0.2, 0) is 9.53 Å². The lowest BCUT2D eigenvalue weighted by molar-refractivity contribution is -0.107. The number of benzene rings is 1. The Morgan fingerprint density at radius 3 is 2.42 bits per heavy atom. The van der Waals surface area contributed by atoms with Gasteiger partial charge in [-0.3, -0.25) is 4.79 Å². The number of hydrogen-bond acceptors (Lipinski definition) is 4. The van der Waals surface area contributed by atoms with E-state index in [1.165, 1.54) is 0 Å². The van der Waals surface area contributed by atoms with Gasteiger partial charge in [-0.1, -0.05) is 19.9 Å². The van der Waals surface area contributed by atoms with Gasteiger partial charge in [0.2, 0.25) is 5.12 Å². The summed E-state index contributed by atoms with van der Waals surface area (Å²) in [5, 5.41) is -0.0710. The summed E-state index contributed by atoms with van der Waals surface area (Å²) in [7, 11) is 0. The Morgan fingerprint density at radius 1 is 1.26 bits per heavy atom. The van der Waals surface area contributed by atoms with Crippen LogP contribution < -0.4 is 0 Å². The number of thioether (sulfide) groups is 1. The second-order valence-corrected chi connectivity index (χ2v) is 5.23. The maximum absolute atomic E-state index is 11.7. The molecule has 0 amide bonds. The molecule has 0 radical (unpaired) electrons. The molecular formula is C15H18O3S. The van der Waals surface area contributed by atoms with Gasteiger partial charge in [-0.05, 0) is 54.9 Å². The van der Waals surface area contributed by atoms with Crippen LogP contribution in [0.1, 0.15) is 37.0 Å². The molecule has 0 aliphatic heterocycles. The maximum atomic E-state index is 11.7. The molecule has 0 aliphatic carbocycles. The fraction of sp³-hybridized carbons (Fsp3) is 0.333. The van der Waals surface area contributed by atoms with Crippen molar-refractivity contribution in [3.63, 3.8) is 0 Å². The van der Waals surface area contributed by atoms with E-state index in [-0.39, 0.29) is 11.1 Å². The fourth-order valence-corrected chi connectivity index (χ4v) is 1.91. The summed E-state index contributed by atoms with van der Waals surface area (Å²) < 4.78 is 5.10. The number of carbonyl (C=O) groups excluding carboxylic acids is 2. The first-order valence-electron chi connectivity index (χ1n) is 6.19. The fourth-order valence-electron chi connectivity index (χ4n) is 1.25. The zero-order valence-corrected chi connectivity index (χ0v) is 12.1. The molecule has 1 rings (SSSR count). The summed E-state index contributed by atoms with van der Waals surface area (Å²) in [6, 6.07) is 6.81. The van der Waals surface area contributed by atoms with Crippen molar-refractivity contribution in [3.8, 4) is 0 Å². The lowest BCUT2D eigenvalue weighted by Crippen LogP contribution is -2.06. The van der Waals surface area contributed by atoms with Gasteiger partial charge in [-0.25, -0.2) is 4.79 Å². The van der Waals surface area contributed by atoms with Crippen molar-refractivity contribution in [2.45, 2.75) is 31.6 Å². The molecule has 0 spiro atoms. The Labute approximate surface area is 118 Å². The minimum Gasteiger partial charge on any atom is -0.462 e. The summed E-state index contributed by atoms with van der Waals surface area (Å²) in [4.78, 5) is 23.9. The molecule has 0 atom stereocenters. The standard InChI is InChI=1S/C15H18O3S/c1-4-5-10-18-14(16)12-6-8-13(9-7-12)19-15(17)11(2)3/h6-9H,2,4-5,10H2,1,3H3. The first kappa shape index (κ1) is 15.5. The number of unbranched alkanes of at least 4 members (excludes halogenated alkanes) is 1. The Hall–Kier alpha value is -1.55. The Balaban J connectivity index is 2.58. The van der Waals surface area contributed by atoms with Crippen molar-refractivity contribution < 1.29 is 14.3 Å². The van der Waals surface area contributed by atoms with Gasteiger partial charge in [0.25, 0.3) is 0 Å². The second-order valence-electron chi connectivity index (χ2n) is 4.18. The molecule has 102 valence electrons. The van der Waals surface area contributed by atoms with Crippen LogP contribution in [0.3, 0.4) is 0 Å². The molecule has 0 aromatic heterocycles. The summed E-state index contributed by atoms with van der Waals surface area (Å²) in [6.45, 7) is 7.75. The van der Waals surface area contributed by atoms with Crippen molar-refractivity contribution in [2.75, 3.05) is 6.61 Å². The van der Waals surface area contributed by atoms with Crippen molar-refractivity contribution in [3.05, 3.63) is 42.0 Å². The van der Waals surface area contributed by atoms with Crippen LogP contribution in [0.15, 0.2) is 41.3 Å². The van der Waals surface area contributed by atoms with Gasteiger partial charge in [0.05, 0.1) is 12.2 Å². The summed E-state index contributed by atoms with van der Waals surface area (Å²) in [6.07, 6.45) is 1.86. The topological polar surface area (TPSA) is 43.4 Å². The number of esters is 1. The smallest absolute Gasteiger partial charge is 0.338 e. The second kappa shape index (κ2) is 7.79. The Bertz CT molecular complexity index is 463. The van der Waals surface area contributed by atoms with Crippen LogP contribution in [0.25, 0.3) is 0 Å². The Kier molecular flexibility index (Phi) is 6.36. The van der Waals surface area contributed by atoms with E-state index in [1.807, 2.05) is 6.92 Å². The molecule has 3 nitrogen and oxygen atoms in total. The van der Waals surface area contributed by atoms with Crippen molar-refractivity contribution in [2.24, 2.45) is 0 Å². The highest BCUT2D eigenvalue weighted by Crippen LogP contribution is 2.22. The lowest BCUT2D eigenvalue weighted by atomic mass is 10.2. The molecule has 0 aliphatic rings. The number of ether oxygens (including phenoxy) is 1. The molecule has 1 aromatic carbocycles. The minimum atomic E-state index is -0.323. The van der Waals surface area contributed by atoms with E-state index in [0.29, 0.717) is 17.7 Å². The molecule has 19 heavy (non-hydrogen) atoms. The highest BCUT2D eigenvalue weighted by molar-refractivity contribution is 8.14. The number of hydrogen-bond donors (Lipinski definition) is 0. The van der Waals surface area contributed by atoms with E-state index in [0.717, 1.165) is 29.5 Å². The minimum absolute atomic E-state index is 0.0710. The highest BCUT2D eigenvalue weighted by atomic mass is 32.2. The Morgan fingerprint density at radius 2 is 1.89 bits per heavy atom. The average molecular weight is 278 g/mol. The molecule has 0 saturated heterocycles. The molecular weight excluding hydrogens is 260 g/mol. The van der Waals surface area contributed by atoms with Crippen molar-refractivity contribution >= 4 is 22.8 Å². The molecule has 1 aromatic rings. The van der Waals surface area contributed by atoms with Crippen LogP contribution in [0.2, 0.25) is 0 Å². The first-order valence-corrected chi connectivity index (χ1v) is 7.01. The summed E-state index contributed by atoms with van der Waals surface area (Å²) in [5.41, 5.74) is 1.01. The van der Waals surface area contributed by atoms with E-state index in [9.17, 15) is 9.59 Å².